The molecule has 0 spiro atoms. The molecule has 1 amide bonds. The maximum absolute atomic E-state index is 12.6. The lowest BCUT2D eigenvalue weighted by atomic mass is 9.90. The molecule has 0 saturated carbocycles. The van der Waals surface area contributed by atoms with Gasteiger partial charge in [0.05, 0.1) is 12.2 Å². The summed E-state index contributed by atoms with van der Waals surface area (Å²) >= 11 is 0. The molecule has 2 aromatic rings. The highest BCUT2D eigenvalue weighted by Gasteiger charge is 2.17. The summed E-state index contributed by atoms with van der Waals surface area (Å²) in [5.74, 6) is 0.523. The molecule has 0 radical (unpaired) electrons. The molecule has 0 bridgehead atoms. The van der Waals surface area contributed by atoms with Crippen LogP contribution in [0, 0.1) is 0 Å². The second kappa shape index (κ2) is 6.65. The molecule has 0 atom stereocenters. The molecular weight excluding hydrogens is 274 g/mol. The van der Waals surface area contributed by atoms with Crippen LogP contribution in [0.1, 0.15) is 41.3 Å². The Morgan fingerprint density at radius 2 is 1.91 bits per heavy atom. The van der Waals surface area contributed by atoms with E-state index in [0.717, 1.165) is 18.5 Å². The van der Waals surface area contributed by atoms with Crippen LogP contribution in [0.25, 0.3) is 0 Å². The molecule has 3 nitrogen and oxygen atoms in total. The normalized spacial score (nSPS) is 13.3. The first-order chi connectivity index (χ1) is 10.8. The Kier molecular flexibility index (Phi) is 4.42. The number of aryl methyl sites for hydroxylation is 1. The van der Waals surface area contributed by atoms with Crippen molar-refractivity contribution in [3.05, 3.63) is 59.2 Å². The van der Waals surface area contributed by atoms with Crippen LogP contribution < -0.4 is 10.1 Å². The number of amides is 1. The number of anilines is 1. The number of nitrogens with one attached hydrogen (secondary N) is 1. The Morgan fingerprint density at radius 3 is 2.77 bits per heavy atom. The first kappa shape index (κ1) is 14.6. The van der Waals surface area contributed by atoms with E-state index in [1.165, 1.54) is 24.0 Å². The van der Waals surface area contributed by atoms with Gasteiger partial charge in [0.1, 0.15) is 5.75 Å². The number of ether oxygens (including phenoxy) is 1. The number of para-hydroxylation sites is 1. The van der Waals surface area contributed by atoms with Gasteiger partial charge < -0.3 is 10.1 Å². The lowest BCUT2D eigenvalue weighted by Crippen LogP contribution is -2.16. The van der Waals surface area contributed by atoms with Gasteiger partial charge in [0.25, 0.3) is 5.91 Å². The van der Waals surface area contributed by atoms with Crippen LogP contribution in [-0.4, -0.2) is 12.5 Å². The highest BCUT2D eigenvalue weighted by Crippen LogP contribution is 2.29. The second-order valence-electron chi connectivity index (χ2n) is 5.53. The highest BCUT2D eigenvalue weighted by molar-refractivity contribution is 6.06. The first-order valence-corrected chi connectivity index (χ1v) is 7.93. The van der Waals surface area contributed by atoms with Crippen LogP contribution in [0.5, 0.6) is 5.75 Å². The van der Waals surface area contributed by atoms with Crippen molar-refractivity contribution in [3.63, 3.8) is 0 Å². The summed E-state index contributed by atoms with van der Waals surface area (Å²) < 4.78 is 5.55. The van der Waals surface area contributed by atoms with Crippen molar-refractivity contribution in [1.29, 1.82) is 0 Å². The molecule has 0 unspecified atom stereocenters. The van der Waals surface area contributed by atoms with Crippen LogP contribution in [0.15, 0.2) is 42.5 Å². The maximum atomic E-state index is 12.6. The summed E-state index contributed by atoms with van der Waals surface area (Å²) in [6.07, 6.45) is 4.57. The van der Waals surface area contributed by atoms with E-state index in [0.29, 0.717) is 17.9 Å². The average molecular weight is 295 g/mol. The summed E-state index contributed by atoms with van der Waals surface area (Å²) in [4.78, 5) is 12.6. The lowest BCUT2D eigenvalue weighted by molar-refractivity contribution is 0.102. The molecule has 3 heteroatoms. The summed E-state index contributed by atoms with van der Waals surface area (Å²) in [5.41, 5.74) is 4.17. The van der Waals surface area contributed by atoms with Gasteiger partial charge in [-0.05, 0) is 61.9 Å². The minimum absolute atomic E-state index is 0.108. The van der Waals surface area contributed by atoms with Gasteiger partial charge in [-0.15, -0.1) is 0 Å². The summed E-state index contributed by atoms with van der Waals surface area (Å²) in [5, 5.41) is 3.07. The summed E-state index contributed by atoms with van der Waals surface area (Å²) in [6, 6.07) is 13.6. The molecule has 3 rings (SSSR count). The van der Waals surface area contributed by atoms with E-state index in [1.807, 2.05) is 37.3 Å². The average Bonchev–Trinajstić information content (AvgIpc) is 2.56. The first-order valence-electron chi connectivity index (χ1n) is 7.93. The summed E-state index contributed by atoms with van der Waals surface area (Å²) in [6.45, 7) is 2.47. The third-order valence-corrected chi connectivity index (χ3v) is 4.08. The minimum atomic E-state index is -0.108. The fraction of sp³-hybridized carbons (Fsp3) is 0.316. The molecule has 2 aromatic carbocycles. The number of rotatable bonds is 4. The van der Waals surface area contributed by atoms with Crippen LogP contribution in [0.3, 0.4) is 0 Å². The van der Waals surface area contributed by atoms with Crippen molar-refractivity contribution in [2.45, 2.75) is 32.6 Å². The van der Waals surface area contributed by atoms with E-state index >= 15 is 0 Å². The van der Waals surface area contributed by atoms with Gasteiger partial charge >= 0.3 is 0 Å². The fourth-order valence-electron chi connectivity index (χ4n) is 3.02. The molecule has 1 N–H and O–H groups in total. The standard InChI is InChI=1S/C19H21NO2/c1-2-22-18-13-6-5-11-16(18)19(21)20-17-12-7-9-14-8-3-4-10-15(14)17/h5-7,9,11-13H,2-4,8,10H2,1H3,(H,20,21). The van der Waals surface area contributed by atoms with E-state index in [-0.39, 0.29) is 5.91 Å². The molecule has 0 aromatic heterocycles. The molecule has 0 aliphatic heterocycles. The van der Waals surface area contributed by atoms with Gasteiger partial charge in [-0.3, -0.25) is 4.79 Å². The lowest BCUT2D eigenvalue weighted by Gasteiger charge is -2.20. The van der Waals surface area contributed by atoms with E-state index < -0.39 is 0 Å². The van der Waals surface area contributed by atoms with Crippen molar-refractivity contribution >= 4 is 11.6 Å². The Hall–Kier alpha value is -2.29. The Bertz CT molecular complexity index is 679. The molecule has 0 fully saturated rings. The minimum Gasteiger partial charge on any atom is -0.493 e. The number of carbonyl (C=O) groups excluding carboxylic acids is 1. The van der Waals surface area contributed by atoms with Gasteiger partial charge in [0.2, 0.25) is 0 Å². The van der Waals surface area contributed by atoms with Crippen molar-refractivity contribution in [2.24, 2.45) is 0 Å². The SMILES string of the molecule is CCOc1ccccc1C(=O)Nc1cccc2c1CCCC2. The van der Waals surface area contributed by atoms with Crippen LogP contribution in [0.2, 0.25) is 0 Å². The van der Waals surface area contributed by atoms with Gasteiger partial charge in [-0.2, -0.15) is 0 Å². The molecular formula is C19H21NO2. The van der Waals surface area contributed by atoms with Crippen LogP contribution >= 0.6 is 0 Å². The zero-order valence-corrected chi connectivity index (χ0v) is 12.9. The third-order valence-electron chi connectivity index (χ3n) is 4.08. The monoisotopic (exact) mass is 295 g/mol. The molecule has 22 heavy (non-hydrogen) atoms. The quantitative estimate of drug-likeness (QED) is 0.917. The third kappa shape index (κ3) is 2.98. The largest absolute Gasteiger partial charge is 0.493 e. The number of fused-ring (bicyclic) bond motifs is 1. The molecule has 0 saturated heterocycles. The predicted molar refractivity (Wildman–Crippen MR) is 88.6 cm³/mol. The Labute approximate surface area is 131 Å². The van der Waals surface area contributed by atoms with Gasteiger partial charge in [-0.25, -0.2) is 0 Å². The van der Waals surface area contributed by atoms with Gasteiger partial charge in [-0.1, -0.05) is 24.3 Å². The number of benzene rings is 2. The number of hydrogen-bond acceptors (Lipinski definition) is 2. The van der Waals surface area contributed by atoms with Gasteiger partial charge in [0.15, 0.2) is 0 Å². The van der Waals surface area contributed by atoms with E-state index in [1.54, 1.807) is 6.07 Å². The van der Waals surface area contributed by atoms with Gasteiger partial charge in [0, 0.05) is 5.69 Å². The second-order valence-corrected chi connectivity index (χ2v) is 5.53. The van der Waals surface area contributed by atoms with E-state index in [4.69, 9.17) is 4.74 Å². The zero-order chi connectivity index (χ0) is 15.4. The zero-order valence-electron chi connectivity index (χ0n) is 12.9. The fourth-order valence-corrected chi connectivity index (χ4v) is 3.02. The van der Waals surface area contributed by atoms with Crippen molar-refractivity contribution in [1.82, 2.24) is 0 Å². The summed E-state index contributed by atoms with van der Waals surface area (Å²) in [7, 11) is 0. The van der Waals surface area contributed by atoms with E-state index in [2.05, 4.69) is 11.4 Å². The molecule has 0 heterocycles. The molecule has 1 aliphatic rings. The Balaban J connectivity index is 1.86. The molecule has 1 aliphatic carbocycles. The maximum Gasteiger partial charge on any atom is 0.259 e. The molecule has 114 valence electrons. The number of hydrogen-bond donors (Lipinski definition) is 1. The number of carbonyl (C=O) groups is 1. The van der Waals surface area contributed by atoms with Crippen molar-refractivity contribution in [3.8, 4) is 5.75 Å². The topological polar surface area (TPSA) is 38.3 Å². The predicted octanol–water partition coefficient (Wildman–Crippen LogP) is 4.22. The highest BCUT2D eigenvalue weighted by atomic mass is 16.5. The Morgan fingerprint density at radius 1 is 1.09 bits per heavy atom. The van der Waals surface area contributed by atoms with Crippen molar-refractivity contribution in [2.75, 3.05) is 11.9 Å². The van der Waals surface area contributed by atoms with Crippen LogP contribution in [-0.2, 0) is 12.8 Å². The smallest absolute Gasteiger partial charge is 0.259 e. The van der Waals surface area contributed by atoms with E-state index in [9.17, 15) is 4.79 Å². The van der Waals surface area contributed by atoms with Crippen molar-refractivity contribution < 1.29 is 9.53 Å². The van der Waals surface area contributed by atoms with Crippen LogP contribution in [0.4, 0.5) is 5.69 Å².